The van der Waals surface area contributed by atoms with Gasteiger partial charge in [0, 0.05) is 11.9 Å². The Morgan fingerprint density at radius 2 is 2.20 bits per heavy atom. The zero-order chi connectivity index (χ0) is 4.28. The Kier molecular flexibility index (Phi) is 2.61. The van der Waals surface area contributed by atoms with E-state index in [2.05, 4.69) is 0 Å². The molecule has 0 bridgehead atoms. The summed E-state index contributed by atoms with van der Waals surface area (Å²) in [6, 6.07) is 0. The lowest BCUT2D eigenvalue weighted by Crippen LogP contribution is -2.08. The summed E-state index contributed by atoms with van der Waals surface area (Å²) in [7, 11) is 0. The molecule has 0 aliphatic carbocycles. The Hall–Kier alpha value is 0.250. The maximum Gasteiger partial charge on any atom is 0.0430 e. The van der Waals surface area contributed by atoms with Crippen molar-refractivity contribution >= 4 is 11.6 Å². The maximum atomic E-state index is 5.34. The van der Waals surface area contributed by atoms with Crippen LogP contribution in [0.5, 0.6) is 0 Å². The molecule has 0 aromatic carbocycles. The predicted octanol–water partition coefficient (Wildman–Crippen LogP) is 0.572. The van der Waals surface area contributed by atoms with Crippen molar-refractivity contribution in [1.29, 1.82) is 0 Å². The van der Waals surface area contributed by atoms with Gasteiger partial charge in [-0.05, 0) is 6.92 Å². The molecule has 0 heterocycles. The molecule has 0 saturated carbocycles. The zero-order valence-corrected chi connectivity index (χ0v) is 4.00. The highest BCUT2D eigenvalue weighted by atomic mass is 35.5. The normalized spacial score (nSPS) is 15.0. The van der Waals surface area contributed by atoms with Crippen LogP contribution < -0.4 is 5.73 Å². The first-order valence-electron chi connectivity index (χ1n) is 1.61. The second-order valence-electron chi connectivity index (χ2n) is 1.02. The van der Waals surface area contributed by atoms with E-state index in [0.29, 0.717) is 6.54 Å². The van der Waals surface area contributed by atoms with Crippen LogP contribution in [0, 0.1) is 0 Å². The average Bonchev–Trinajstić information content (AvgIpc) is 1.38. The molecule has 1 nitrogen and oxygen atoms in total. The van der Waals surface area contributed by atoms with Crippen LogP contribution in [0.25, 0.3) is 0 Å². The van der Waals surface area contributed by atoms with Crippen molar-refractivity contribution < 1.29 is 0 Å². The van der Waals surface area contributed by atoms with E-state index in [1.807, 2.05) is 6.92 Å². The van der Waals surface area contributed by atoms with E-state index in [4.69, 9.17) is 17.3 Å². The molecular formula is C3H8ClN. The molecule has 0 radical (unpaired) electrons. The minimum atomic E-state index is 0.134. The van der Waals surface area contributed by atoms with Crippen molar-refractivity contribution in [3.63, 3.8) is 0 Å². The summed E-state index contributed by atoms with van der Waals surface area (Å²) < 4.78 is 0. The number of halogens is 1. The molecule has 0 saturated heterocycles. The molecule has 5 heavy (non-hydrogen) atoms. The lowest BCUT2D eigenvalue weighted by atomic mass is 10.5. The molecule has 32 valence electrons. The van der Waals surface area contributed by atoms with Gasteiger partial charge in [-0.25, -0.2) is 0 Å². The van der Waals surface area contributed by atoms with E-state index in [1.54, 1.807) is 0 Å². The lowest BCUT2D eigenvalue weighted by Gasteiger charge is -1.88. The van der Waals surface area contributed by atoms with Gasteiger partial charge in [-0.15, -0.1) is 11.6 Å². The topological polar surface area (TPSA) is 26.0 Å². The number of hydrogen-bond donors (Lipinski definition) is 1. The fraction of sp³-hybridized carbons (Fsp3) is 1.00. The summed E-state index contributed by atoms with van der Waals surface area (Å²) in [6.45, 7) is 2.43. The van der Waals surface area contributed by atoms with Gasteiger partial charge in [0.15, 0.2) is 0 Å². The van der Waals surface area contributed by atoms with Gasteiger partial charge in [-0.1, -0.05) is 0 Å². The van der Waals surface area contributed by atoms with Crippen LogP contribution in [0.4, 0.5) is 0 Å². The largest absolute Gasteiger partial charge is 0.329 e. The summed E-state index contributed by atoms with van der Waals surface area (Å²) in [5, 5.41) is 0.134. The third-order valence-corrected chi connectivity index (χ3v) is 0.503. The van der Waals surface area contributed by atoms with Gasteiger partial charge in [-0.2, -0.15) is 0 Å². The number of nitrogens with two attached hydrogens (primary N) is 1. The SMILES string of the molecule is C[C@H](Cl)CN. The summed E-state index contributed by atoms with van der Waals surface area (Å²) in [6.07, 6.45) is 0. The van der Waals surface area contributed by atoms with Crippen LogP contribution in [0.1, 0.15) is 6.92 Å². The fourth-order valence-electron chi connectivity index (χ4n) is 0. The average molecular weight is 93.6 g/mol. The van der Waals surface area contributed by atoms with Crippen molar-refractivity contribution in [2.24, 2.45) is 5.73 Å². The minimum Gasteiger partial charge on any atom is -0.329 e. The van der Waals surface area contributed by atoms with E-state index in [9.17, 15) is 0 Å². The summed E-state index contributed by atoms with van der Waals surface area (Å²) in [5.74, 6) is 0. The maximum absolute atomic E-state index is 5.34. The van der Waals surface area contributed by atoms with E-state index < -0.39 is 0 Å². The highest BCUT2D eigenvalue weighted by molar-refractivity contribution is 6.20. The molecule has 0 amide bonds. The van der Waals surface area contributed by atoms with Gasteiger partial charge in [0.25, 0.3) is 0 Å². The molecule has 0 spiro atoms. The van der Waals surface area contributed by atoms with Gasteiger partial charge >= 0.3 is 0 Å². The van der Waals surface area contributed by atoms with Crippen LogP contribution >= 0.6 is 11.6 Å². The molecule has 0 aromatic rings. The molecule has 1 atom stereocenters. The van der Waals surface area contributed by atoms with Crippen molar-refractivity contribution in [2.75, 3.05) is 6.54 Å². The van der Waals surface area contributed by atoms with Crippen LogP contribution in [-0.4, -0.2) is 11.9 Å². The Bertz CT molecular complexity index is 20.9. The first-order chi connectivity index (χ1) is 2.27. The fourth-order valence-corrected chi connectivity index (χ4v) is 0. The van der Waals surface area contributed by atoms with Gasteiger partial charge in [0.05, 0.1) is 0 Å². The Morgan fingerprint density at radius 1 is 2.00 bits per heavy atom. The molecule has 2 N–H and O–H groups in total. The van der Waals surface area contributed by atoms with E-state index in [-0.39, 0.29) is 5.38 Å². The highest BCUT2D eigenvalue weighted by Gasteiger charge is 1.83. The number of alkyl halides is 1. The molecule has 2 heteroatoms. The van der Waals surface area contributed by atoms with E-state index in [0.717, 1.165) is 0 Å². The van der Waals surface area contributed by atoms with Gasteiger partial charge in [0.1, 0.15) is 0 Å². The molecule has 0 aliphatic heterocycles. The Morgan fingerprint density at radius 3 is 2.20 bits per heavy atom. The first-order valence-corrected chi connectivity index (χ1v) is 2.05. The third kappa shape index (κ3) is 4.25. The van der Waals surface area contributed by atoms with Crippen LogP contribution in [-0.2, 0) is 0 Å². The summed E-state index contributed by atoms with van der Waals surface area (Å²) >= 11 is 5.34. The molecule has 0 fully saturated rings. The molecule has 0 unspecified atom stereocenters. The van der Waals surface area contributed by atoms with Crippen LogP contribution in [0.2, 0.25) is 0 Å². The molecular weight excluding hydrogens is 85.5 g/mol. The van der Waals surface area contributed by atoms with Gasteiger partial charge < -0.3 is 5.73 Å². The second-order valence-corrected chi connectivity index (χ2v) is 1.76. The smallest absolute Gasteiger partial charge is 0.0430 e. The summed E-state index contributed by atoms with van der Waals surface area (Å²) in [4.78, 5) is 0. The van der Waals surface area contributed by atoms with Crippen LogP contribution in [0.3, 0.4) is 0 Å². The van der Waals surface area contributed by atoms with Crippen molar-refractivity contribution in [3.05, 3.63) is 0 Å². The number of hydrogen-bond acceptors (Lipinski definition) is 1. The third-order valence-electron chi connectivity index (χ3n) is 0.325. The van der Waals surface area contributed by atoms with Crippen molar-refractivity contribution in [1.82, 2.24) is 0 Å². The Balaban J connectivity index is 2.54. The van der Waals surface area contributed by atoms with Crippen molar-refractivity contribution in [2.45, 2.75) is 12.3 Å². The molecule has 0 rings (SSSR count). The standard InChI is InChI=1S/C3H8ClN/c1-3(4)2-5/h3H,2,5H2,1H3/t3-/m0/s1. The van der Waals surface area contributed by atoms with Crippen LogP contribution in [0.15, 0.2) is 0 Å². The predicted molar refractivity (Wildman–Crippen MR) is 24.4 cm³/mol. The van der Waals surface area contributed by atoms with Gasteiger partial charge in [-0.3, -0.25) is 0 Å². The zero-order valence-electron chi connectivity index (χ0n) is 3.24. The minimum absolute atomic E-state index is 0.134. The lowest BCUT2D eigenvalue weighted by molar-refractivity contribution is 0.941. The highest BCUT2D eigenvalue weighted by Crippen LogP contribution is 1.84. The quantitative estimate of drug-likeness (QED) is 0.472. The molecule has 0 aliphatic rings. The monoisotopic (exact) mass is 93.0 g/mol. The van der Waals surface area contributed by atoms with Gasteiger partial charge in [0.2, 0.25) is 0 Å². The first kappa shape index (κ1) is 5.25. The Labute approximate surface area is 37.1 Å². The van der Waals surface area contributed by atoms with E-state index in [1.165, 1.54) is 0 Å². The van der Waals surface area contributed by atoms with Crippen molar-refractivity contribution in [3.8, 4) is 0 Å². The second kappa shape index (κ2) is 2.49. The van der Waals surface area contributed by atoms with E-state index >= 15 is 0 Å². The molecule has 0 aromatic heterocycles. The summed E-state index contributed by atoms with van der Waals surface area (Å²) in [5.41, 5.74) is 5.04. The number of rotatable bonds is 1.